The standard InChI is InChI=1S/2C10H14N6O4/c2*11-9-14-7-6(8(19)15-9)13-10(12)16(7)5-1-3(18)4(2-17)20-5/h2*3-5,17-18H,1-2H2,(H2,12,13)(H3,11,14,15,19)/t2*3-,4+,5+/m00/s1. The Morgan fingerprint density at radius 2 is 1.10 bits per heavy atom. The summed E-state index contributed by atoms with van der Waals surface area (Å²) in [5, 5.41) is 37.7. The minimum absolute atomic E-state index is 0.0272. The van der Waals surface area contributed by atoms with Crippen molar-refractivity contribution in [2.24, 2.45) is 0 Å². The van der Waals surface area contributed by atoms with Crippen molar-refractivity contribution >= 4 is 46.1 Å². The number of hydrogen-bond donors (Lipinski definition) is 10. The Kier molecular flexibility index (Phi) is 7.03. The van der Waals surface area contributed by atoms with E-state index in [2.05, 4.69) is 29.9 Å². The van der Waals surface area contributed by atoms with Crippen molar-refractivity contribution in [1.82, 2.24) is 39.0 Å². The molecule has 0 saturated carbocycles. The molecule has 0 radical (unpaired) electrons. The summed E-state index contributed by atoms with van der Waals surface area (Å²) >= 11 is 0. The van der Waals surface area contributed by atoms with E-state index in [1.165, 1.54) is 9.13 Å². The molecule has 0 unspecified atom stereocenters. The Morgan fingerprint density at radius 1 is 0.725 bits per heavy atom. The van der Waals surface area contributed by atoms with Gasteiger partial charge in [0.15, 0.2) is 22.3 Å². The zero-order chi connectivity index (χ0) is 28.9. The third-order valence-electron chi connectivity index (χ3n) is 6.54. The van der Waals surface area contributed by atoms with Gasteiger partial charge in [0.05, 0.1) is 25.4 Å². The number of hydrogen-bond acceptors (Lipinski definition) is 16. The molecule has 40 heavy (non-hydrogen) atoms. The molecular formula is C20H28N12O8. The molecule has 0 spiro atoms. The number of rotatable bonds is 4. The number of anilines is 4. The van der Waals surface area contributed by atoms with Crippen LogP contribution in [0.25, 0.3) is 22.3 Å². The summed E-state index contributed by atoms with van der Waals surface area (Å²) in [4.78, 5) is 44.0. The van der Waals surface area contributed by atoms with Gasteiger partial charge < -0.3 is 52.8 Å². The maximum Gasteiger partial charge on any atom is 0.280 e. The van der Waals surface area contributed by atoms with Gasteiger partial charge in [-0.05, 0) is 0 Å². The van der Waals surface area contributed by atoms with Gasteiger partial charge in [-0.3, -0.25) is 28.7 Å². The monoisotopic (exact) mass is 564 g/mol. The van der Waals surface area contributed by atoms with Gasteiger partial charge in [0, 0.05) is 12.8 Å². The van der Waals surface area contributed by atoms with Gasteiger partial charge in [-0.25, -0.2) is 9.97 Å². The van der Waals surface area contributed by atoms with E-state index in [1.54, 1.807) is 0 Å². The number of aliphatic hydroxyl groups excluding tert-OH is 4. The normalized spacial score (nSPS) is 26.4. The lowest BCUT2D eigenvalue weighted by molar-refractivity contribution is -0.0425. The Balaban J connectivity index is 0.000000161. The molecule has 216 valence electrons. The minimum atomic E-state index is -0.832. The summed E-state index contributed by atoms with van der Waals surface area (Å²) in [6, 6.07) is 0. The van der Waals surface area contributed by atoms with E-state index in [4.69, 9.17) is 42.6 Å². The van der Waals surface area contributed by atoms with E-state index in [9.17, 15) is 19.8 Å². The van der Waals surface area contributed by atoms with Crippen LogP contribution in [0, 0.1) is 0 Å². The molecule has 2 saturated heterocycles. The van der Waals surface area contributed by atoms with Crippen LogP contribution in [0.1, 0.15) is 25.3 Å². The van der Waals surface area contributed by atoms with Crippen LogP contribution in [0.4, 0.5) is 23.8 Å². The van der Waals surface area contributed by atoms with Crippen LogP contribution in [0.2, 0.25) is 0 Å². The number of H-pyrrole nitrogens is 2. The number of aromatic amines is 2. The average molecular weight is 565 g/mol. The number of ether oxygens (including phenoxy) is 2. The fraction of sp³-hybridized carbons (Fsp3) is 0.500. The minimum Gasteiger partial charge on any atom is -0.394 e. The number of nitrogen functional groups attached to an aromatic ring is 4. The first-order valence-electron chi connectivity index (χ1n) is 12.0. The Labute approximate surface area is 222 Å². The first-order valence-corrected chi connectivity index (χ1v) is 12.0. The smallest absolute Gasteiger partial charge is 0.280 e. The summed E-state index contributed by atoms with van der Waals surface area (Å²) < 4.78 is 13.7. The number of fused-ring (bicyclic) bond motifs is 2. The van der Waals surface area contributed by atoms with Gasteiger partial charge in [0.1, 0.15) is 24.7 Å². The summed E-state index contributed by atoms with van der Waals surface area (Å²) in [6.07, 6.45) is -4.01. The predicted molar refractivity (Wildman–Crippen MR) is 137 cm³/mol. The Morgan fingerprint density at radius 3 is 1.43 bits per heavy atom. The third kappa shape index (κ3) is 4.67. The van der Waals surface area contributed by atoms with E-state index >= 15 is 0 Å². The van der Waals surface area contributed by atoms with E-state index in [-0.39, 0.29) is 72.2 Å². The number of aromatic nitrogens is 8. The van der Waals surface area contributed by atoms with Crippen molar-refractivity contribution in [3.8, 4) is 0 Å². The number of nitrogens with zero attached hydrogens (tertiary/aromatic N) is 6. The molecule has 2 fully saturated rings. The maximum absolute atomic E-state index is 11.7. The first kappa shape index (κ1) is 27.2. The lowest BCUT2D eigenvalue weighted by atomic mass is 10.2. The van der Waals surface area contributed by atoms with Crippen LogP contribution < -0.4 is 34.1 Å². The highest BCUT2D eigenvalue weighted by molar-refractivity contribution is 5.75. The average Bonchev–Trinajstić information content (AvgIpc) is 3.62. The predicted octanol–water partition coefficient (Wildman–Crippen LogP) is -4.15. The van der Waals surface area contributed by atoms with Crippen LogP contribution >= 0.6 is 0 Å². The molecule has 6 heterocycles. The highest BCUT2D eigenvalue weighted by Crippen LogP contribution is 2.33. The zero-order valence-electron chi connectivity index (χ0n) is 20.7. The van der Waals surface area contributed by atoms with Crippen LogP contribution in [0.15, 0.2) is 9.59 Å². The first-order chi connectivity index (χ1) is 19.0. The number of nitrogens with two attached hydrogens (primary N) is 4. The van der Waals surface area contributed by atoms with Crippen molar-refractivity contribution in [2.75, 3.05) is 36.1 Å². The van der Waals surface area contributed by atoms with Crippen LogP contribution in [0.3, 0.4) is 0 Å². The van der Waals surface area contributed by atoms with E-state index < -0.39 is 48.0 Å². The SMILES string of the molecule is Nc1nc2c(nc(N)n2[C@H]2C[C@H](O)[C@@H](CO)O2)c(=O)[nH]1.Nc1nc2c(nc(N)n2[C@H]2C[C@H](O)[C@@H](CO)O2)c(=O)[nH]1. The molecule has 6 rings (SSSR count). The van der Waals surface area contributed by atoms with E-state index in [0.29, 0.717) is 0 Å². The molecule has 4 aromatic heterocycles. The fourth-order valence-electron chi connectivity index (χ4n) is 4.68. The molecule has 14 N–H and O–H groups in total. The summed E-state index contributed by atoms with van der Waals surface area (Å²) in [5.41, 5.74) is 22.0. The molecule has 20 heteroatoms. The lowest BCUT2D eigenvalue weighted by Crippen LogP contribution is -2.24. The van der Waals surface area contributed by atoms with Crippen molar-refractivity contribution < 1.29 is 29.9 Å². The molecule has 2 aliphatic heterocycles. The van der Waals surface area contributed by atoms with Crippen LogP contribution in [-0.2, 0) is 9.47 Å². The molecule has 6 atom stereocenters. The fourth-order valence-corrected chi connectivity index (χ4v) is 4.68. The van der Waals surface area contributed by atoms with Gasteiger partial charge in [0.25, 0.3) is 11.1 Å². The van der Waals surface area contributed by atoms with Crippen molar-refractivity contribution in [2.45, 2.75) is 49.7 Å². The number of nitrogens with one attached hydrogen (secondary N) is 2. The summed E-state index contributed by atoms with van der Waals surface area (Å²) in [7, 11) is 0. The van der Waals surface area contributed by atoms with Gasteiger partial charge in [-0.2, -0.15) is 9.97 Å². The van der Waals surface area contributed by atoms with Crippen molar-refractivity contribution in [1.29, 1.82) is 0 Å². The topological polar surface area (TPSA) is 331 Å². The lowest BCUT2D eigenvalue weighted by Gasteiger charge is -2.14. The quantitative estimate of drug-likeness (QED) is 0.112. The molecule has 0 amide bonds. The van der Waals surface area contributed by atoms with E-state index in [0.717, 1.165) is 0 Å². The second-order valence-corrected chi connectivity index (χ2v) is 9.16. The van der Waals surface area contributed by atoms with Gasteiger partial charge in [0.2, 0.25) is 23.8 Å². The molecule has 0 aliphatic carbocycles. The molecule has 20 nitrogen and oxygen atoms in total. The number of imidazole rings is 2. The Hall–Kier alpha value is -4.34. The maximum atomic E-state index is 11.7. The molecule has 4 aromatic rings. The van der Waals surface area contributed by atoms with Crippen LogP contribution in [-0.4, -0.2) is 97.1 Å². The van der Waals surface area contributed by atoms with Gasteiger partial charge in [-0.15, -0.1) is 0 Å². The third-order valence-corrected chi connectivity index (χ3v) is 6.54. The molecular weight excluding hydrogens is 536 g/mol. The van der Waals surface area contributed by atoms with Gasteiger partial charge >= 0.3 is 0 Å². The zero-order valence-corrected chi connectivity index (χ0v) is 20.7. The number of aliphatic hydroxyl groups is 4. The highest BCUT2D eigenvalue weighted by Gasteiger charge is 2.37. The largest absolute Gasteiger partial charge is 0.394 e. The second kappa shape index (κ2) is 10.3. The highest BCUT2D eigenvalue weighted by atomic mass is 16.5. The second-order valence-electron chi connectivity index (χ2n) is 9.16. The van der Waals surface area contributed by atoms with E-state index in [1.807, 2.05) is 0 Å². The van der Waals surface area contributed by atoms with Crippen LogP contribution in [0.5, 0.6) is 0 Å². The summed E-state index contributed by atoms with van der Waals surface area (Å²) in [5.74, 6) is -0.0828. The Bertz CT molecular complexity index is 1540. The molecule has 2 aliphatic rings. The van der Waals surface area contributed by atoms with Crippen molar-refractivity contribution in [3.63, 3.8) is 0 Å². The summed E-state index contributed by atoms with van der Waals surface area (Å²) in [6.45, 7) is -0.638. The molecule has 0 bridgehead atoms. The molecule has 0 aromatic carbocycles. The van der Waals surface area contributed by atoms with Gasteiger partial charge in [-0.1, -0.05) is 0 Å². The van der Waals surface area contributed by atoms with Crippen molar-refractivity contribution in [3.05, 3.63) is 20.7 Å².